The van der Waals surface area contributed by atoms with E-state index in [0.29, 0.717) is 17.7 Å². The maximum absolute atomic E-state index is 7.44. The van der Waals surface area contributed by atoms with E-state index in [2.05, 4.69) is 21.8 Å². The van der Waals surface area contributed by atoms with Crippen LogP contribution in [-0.4, -0.2) is 28.4 Å². The van der Waals surface area contributed by atoms with Gasteiger partial charge in [0.05, 0.1) is 0 Å². The maximum Gasteiger partial charge on any atom is 0.226 e. The van der Waals surface area contributed by atoms with Gasteiger partial charge in [-0.1, -0.05) is 19.3 Å². The molecule has 0 unspecified atom stereocenters. The van der Waals surface area contributed by atoms with Crippen LogP contribution in [0.1, 0.15) is 44.7 Å². The molecule has 0 aromatic carbocycles. The average molecular weight is 247 g/mol. The minimum absolute atomic E-state index is 0.00153. The smallest absolute Gasteiger partial charge is 0.226 e. The highest BCUT2D eigenvalue weighted by atomic mass is 15.3. The summed E-state index contributed by atoms with van der Waals surface area (Å²) in [6.07, 6.45) is 8.01. The normalized spacial score (nSPS) is 16.5. The van der Waals surface area contributed by atoms with Gasteiger partial charge in [-0.05, 0) is 25.8 Å². The van der Waals surface area contributed by atoms with Crippen LogP contribution in [0.5, 0.6) is 0 Å². The molecule has 1 aromatic rings. The maximum atomic E-state index is 7.44. The third kappa shape index (κ3) is 2.78. The third-order valence-corrected chi connectivity index (χ3v) is 3.53. The van der Waals surface area contributed by atoms with E-state index < -0.39 is 0 Å². The second-order valence-electron chi connectivity index (χ2n) is 4.73. The van der Waals surface area contributed by atoms with E-state index in [1.807, 2.05) is 0 Å². The quantitative estimate of drug-likeness (QED) is 0.629. The number of nitrogens with two attached hydrogens (primary N) is 1. The number of nitrogen functional groups attached to an aromatic ring is 1. The van der Waals surface area contributed by atoms with Crippen molar-refractivity contribution in [3.63, 3.8) is 0 Å². The molecule has 5 heteroatoms. The van der Waals surface area contributed by atoms with Crippen molar-refractivity contribution in [2.24, 2.45) is 5.73 Å². The average Bonchev–Trinajstić information content (AvgIpc) is 2.41. The fourth-order valence-electron chi connectivity index (χ4n) is 2.59. The van der Waals surface area contributed by atoms with Gasteiger partial charge in [-0.2, -0.15) is 0 Å². The number of nitrogens with one attached hydrogen (secondary N) is 1. The second kappa shape index (κ2) is 5.80. The molecule has 98 valence electrons. The molecule has 18 heavy (non-hydrogen) atoms. The number of hydrogen-bond acceptors (Lipinski definition) is 4. The van der Waals surface area contributed by atoms with Gasteiger partial charge in [-0.15, -0.1) is 0 Å². The molecule has 0 aliphatic heterocycles. The molecular weight excluding hydrogens is 226 g/mol. The molecule has 1 aliphatic carbocycles. The second-order valence-corrected chi connectivity index (χ2v) is 4.73. The number of rotatable bonds is 4. The molecule has 0 saturated heterocycles. The molecule has 0 bridgehead atoms. The summed E-state index contributed by atoms with van der Waals surface area (Å²) in [5.41, 5.74) is 5.99. The molecular formula is C13H21N5. The molecule has 1 heterocycles. The molecule has 0 spiro atoms. The molecule has 0 radical (unpaired) electrons. The standard InChI is InChI=1S/C13H21N5/c1-2-18(10-6-4-3-5-7-10)13-16-9-8-11(17-13)12(14)15/h8-10H,2-7H2,1H3,(H3,14,15). The van der Waals surface area contributed by atoms with Gasteiger partial charge in [0.1, 0.15) is 11.5 Å². The highest BCUT2D eigenvalue weighted by molar-refractivity contribution is 5.93. The van der Waals surface area contributed by atoms with Gasteiger partial charge >= 0.3 is 0 Å². The lowest BCUT2D eigenvalue weighted by Crippen LogP contribution is -2.38. The largest absolute Gasteiger partial charge is 0.382 e. The highest BCUT2D eigenvalue weighted by Gasteiger charge is 2.22. The van der Waals surface area contributed by atoms with Crippen molar-refractivity contribution in [2.75, 3.05) is 11.4 Å². The number of nitrogens with zero attached hydrogens (tertiary/aromatic N) is 3. The van der Waals surface area contributed by atoms with Crippen LogP contribution >= 0.6 is 0 Å². The summed E-state index contributed by atoms with van der Waals surface area (Å²) >= 11 is 0. The summed E-state index contributed by atoms with van der Waals surface area (Å²) in [6, 6.07) is 2.21. The van der Waals surface area contributed by atoms with Gasteiger partial charge in [0.2, 0.25) is 5.95 Å². The molecule has 0 amide bonds. The molecule has 1 saturated carbocycles. The van der Waals surface area contributed by atoms with Gasteiger partial charge in [0, 0.05) is 18.8 Å². The number of anilines is 1. The summed E-state index contributed by atoms with van der Waals surface area (Å²) in [6.45, 7) is 3.02. The van der Waals surface area contributed by atoms with Crippen LogP contribution in [0.2, 0.25) is 0 Å². The number of amidine groups is 1. The van der Waals surface area contributed by atoms with E-state index in [1.54, 1.807) is 12.3 Å². The van der Waals surface area contributed by atoms with Crippen molar-refractivity contribution in [1.29, 1.82) is 5.41 Å². The van der Waals surface area contributed by atoms with E-state index in [0.717, 1.165) is 6.54 Å². The Morgan fingerprint density at radius 2 is 2.17 bits per heavy atom. The fourth-order valence-corrected chi connectivity index (χ4v) is 2.59. The van der Waals surface area contributed by atoms with Crippen LogP contribution in [0, 0.1) is 5.41 Å². The number of aromatic nitrogens is 2. The van der Waals surface area contributed by atoms with Crippen molar-refractivity contribution in [3.05, 3.63) is 18.0 Å². The van der Waals surface area contributed by atoms with Crippen LogP contribution in [0.15, 0.2) is 12.3 Å². The Kier molecular flexibility index (Phi) is 4.12. The Morgan fingerprint density at radius 3 is 2.78 bits per heavy atom. The first-order valence-corrected chi connectivity index (χ1v) is 6.66. The Hall–Kier alpha value is -1.65. The Labute approximate surface area is 108 Å². The van der Waals surface area contributed by atoms with Gasteiger partial charge in [0.15, 0.2) is 0 Å². The predicted octanol–water partition coefficient (Wildman–Crippen LogP) is 1.92. The Bertz CT molecular complexity index is 412. The summed E-state index contributed by atoms with van der Waals surface area (Å²) < 4.78 is 0. The summed E-state index contributed by atoms with van der Waals surface area (Å²) in [5, 5.41) is 7.44. The van der Waals surface area contributed by atoms with Gasteiger partial charge in [-0.3, -0.25) is 5.41 Å². The summed E-state index contributed by atoms with van der Waals surface area (Å²) in [7, 11) is 0. The lowest BCUT2D eigenvalue weighted by Gasteiger charge is -2.33. The fraction of sp³-hybridized carbons (Fsp3) is 0.615. The lowest BCUT2D eigenvalue weighted by atomic mass is 9.94. The van der Waals surface area contributed by atoms with Crippen molar-refractivity contribution in [1.82, 2.24) is 9.97 Å². The first kappa shape index (κ1) is 12.8. The van der Waals surface area contributed by atoms with Crippen LogP contribution < -0.4 is 10.6 Å². The molecule has 3 N–H and O–H groups in total. The van der Waals surface area contributed by atoms with Crippen molar-refractivity contribution < 1.29 is 0 Å². The van der Waals surface area contributed by atoms with E-state index >= 15 is 0 Å². The van der Waals surface area contributed by atoms with E-state index in [9.17, 15) is 0 Å². The monoisotopic (exact) mass is 247 g/mol. The molecule has 1 aromatic heterocycles. The lowest BCUT2D eigenvalue weighted by molar-refractivity contribution is 0.414. The SMILES string of the molecule is CCN(c1nccc(C(=N)N)n1)C1CCCCC1. The van der Waals surface area contributed by atoms with Gasteiger partial charge in [0.25, 0.3) is 0 Å². The predicted molar refractivity (Wildman–Crippen MR) is 72.9 cm³/mol. The molecule has 2 rings (SSSR count). The minimum Gasteiger partial charge on any atom is -0.382 e. The van der Waals surface area contributed by atoms with Crippen LogP contribution in [0.25, 0.3) is 0 Å². The zero-order valence-corrected chi connectivity index (χ0v) is 10.9. The van der Waals surface area contributed by atoms with Gasteiger partial charge in [-0.25, -0.2) is 9.97 Å². The zero-order valence-electron chi connectivity index (χ0n) is 10.9. The molecule has 5 nitrogen and oxygen atoms in total. The Balaban J connectivity index is 2.20. The van der Waals surface area contributed by atoms with Crippen LogP contribution in [-0.2, 0) is 0 Å². The Morgan fingerprint density at radius 1 is 1.44 bits per heavy atom. The molecule has 0 atom stereocenters. The summed E-state index contributed by atoms with van der Waals surface area (Å²) in [5.74, 6) is 0.704. The first-order valence-electron chi connectivity index (χ1n) is 6.66. The first-order chi connectivity index (χ1) is 8.72. The topological polar surface area (TPSA) is 78.9 Å². The number of hydrogen-bond donors (Lipinski definition) is 2. The molecule has 1 fully saturated rings. The van der Waals surface area contributed by atoms with Crippen molar-refractivity contribution in [2.45, 2.75) is 45.1 Å². The van der Waals surface area contributed by atoms with E-state index in [-0.39, 0.29) is 5.84 Å². The molecule has 1 aliphatic rings. The highest BCUT2D eigenvalue weighted by Crippen LogP contribution is 2.25. The zero-order chi connectivity index (χ0) is 13.0. The minimum atomic E-state index is -0.00153. The van der Waals surface area contributed by atoms with Gasteiger partial charge < -0.3 is 10.6 Å². The van der Waals surface area contributed by atoms with Crippen molar-refractivity contribution >= 4 is 11.8 Å². The van der Waals surface area contributed by atoms with Crippen LogP contribution in [0.4, 0.5) is 5.95 Å². The third-order valence-electron chi connectivity index (χ3n) is 3.53. The van der Waals surface area contributed by atoms with E-state index in [1.165, 1.54) is 32.1 Å². The van der Waals surface area contributed by atoms with E-state index in [4.69, 9.17) is 11.1 Å². The van der Waals surface area contributed by atoms with Crippen LogP contribution in [0.3, 0.4) is 0 Å². The van der Waals surface area contributed by atoms with Crippen molar-refractivity contribution in [3.8, 4) is 0 Å². The summed E-state index contributed by atoms with van der Waals surface area (Å²) in [4.78, 5) is 11.0.